The molecule has 1 atom stereocenters. The van der Waals surface area contributed by atoms with Crippen LogP contribution in [0.2, 0.25) is 0 Å². The van der Waals surface area contributed by atoms with Crippen molar-refractivity contribution in [1.82, 2.24) is 5.43 Å². The van der Waals surface area contributed by atoms with Crippen molar-refractivity contribution in [2.75, 3.05) is 6.61 Å². The van der Waals surface area contributed by atoms with Crippen LogP contribution >= 0.6 is 15.9 Å². The number of nitrogens with zero attached hydrogens (tertiary/aromatic N) is 1. The van der Waals surface area contributed by atoms with Crippen LogP contribution in [0.5, 0.6) is 23.0 Å². The maximum absolute atomic E-state index is 12.7. The van der Waals surface area contributed by atoms with Crippen LogP contribution in [0.25, 0.3) is 0 Å². The van der Waals surface area contributed by atoms with E-state index >= 15 is 0 Å². The van der Waals surface area contributed by atoms with Crippen molar-refractivity contribution in [3.05, 3.63) is 118 Å². The van der Waals surface area contributed by atoms with E-state index in [0.29, 0.717) is 41.6 Å². The number of nitrogens with one attached hydrogen (secondary N) is 1. The minimum atomic E-state index is -0.817. The van der Waals surface area contributed by atoms with Crippen molar-refractivity contribution in [3.8, 4) is 23.0 Å². The monoisotopic (exact) mass is 630 g/mol. The van der Waals surface area contributed by atoms with E-state index in [0.717, 1.165) is 16.5 Å². The number of esters is 1. The Morgan fingerprint density at radius 3 is 2.26 bits per heavy atom. The summed E-state index contributed by atoms with van der Waals surface area (Å²) in [6.45, 7) is 4.70. The SMILES string of the molecule is CCCOc1ccc(C(=O)Oc2ccc(Br)cc2C=NNC(=O)C(C)Oc2ccc(OCc3ccccc3)cc2)cc1. The summed E-state index contributed by atoms with van der Waals surface area (Å²) < 4.78 is 23.4. The van der Waals surface area contributed by atoms with Crippen LogP contribution in [0, 0.1) is 0 Å². The molecular weight excluding hydrogens is 600 g/mol. The van der Waals surface area contributed by atoms with Crippen LogP contribution in [0.4, 0.5) is 0 Å². The average molecular weight is 632 g/mol. The van der Waals surface area contributed by atoms with Gasteiger partial charge in [0.2, 0.25) is 0 Å². The van der Waals surface area contributed by atoms with Gasteiger partial charge in [-0.2, -0.15) is 5.10 Å². The summed E-state index contributed by atoms with van der Waals surface area (Å²) in [4.78, 5) is 25.3. The van der Waals surface area contributed by atoms with Crippen molar-refractivity contribution < 1.29 is 28.5 Å². The first-order valence-corrected chi connectivity index (χ1v) is 14.2. The molecule has 1 amide bonds. The van der Waals surface area contributed by atoms with Gasteiger partial charge in [0, 0.05) is 10.0 Å². The molecule has 0 aromatic heterocycles. The van der Waals surface area contributed by atoms with Gasteiger partial charge in [-0.1, -0.05) is 53.2 Å². The van der Waals surface area contributed by atoms with Crippen molar-refractivity contribution in [3.63, 3.8) is 0 Å². The van der Waals surface area contributed by atoms with Gasteiger partial charge < -0.3 is 18.9 Å². The van der Waals surface area contributed by atoms with Crippen LogP contribution in [-0.4, -0.2) is 30.8 Å². The number of hydrazone groups is 1. The molecule has 42 heavy (non-hydrogen) atoms. The fourth-order valence-electron chi connectivity index (χ4n) is 3.65. The van der Waals surface area contributed by atoms with Gasteiger partial charge in [-0.3, -0.25) is 4.79 Å². The Morgan fingerprint density at radius 2 is 1.55 bits per heavy atom. The van der Waals surface area contributed by atoms with Crippen molar-refractivity contribution in [2.24, 2.45) is 5.10 Å². The quantitative estimate of drug-likeness (QED) is 0.0743. The molecule has 0 bridgehead atoms. The largest absolute Gasteiger partial charge is 0.494 e. The first kappa shape index (κ1) is 30.3. The molecule has 1 N–H and O–H groups in total. The maximum Gasteiger partial charge on any atom is 0.343 e. The fraction of sp³-hybridized carbons (Fsp3) is 0.182. The first-order chi connectivity index (χ1) is 20.4. The van der Waals surface area contributed by atoms with E-state index in [1.54, 1.807) is 73.7 Å². The van der Waals surface area contributed by atoms with Crippen LogP contribution in [0.3, 0.4) is 0 Å². The van der Waals surface area contributed by atoms with Crippen LogP contribution in [-0.2, 0) is 11.4 Å². The number of hydrogen-bond acceptors (Lipinski definition) is 7. The van der Waals surface area contributed by atoms with E-state index < -0.39 is 18.0 Å². The zero-order valence-electron chi connectivity index (χ0n) is 23.3. The van der Waals surface area contributed by atoms with Crippen LogP contribution in [0.15, 0.2) is 107 Å². The molecule has 216 valence electrons. The zero-order chi connectivity index (χ0) is 29.7. The van der Waals surface area contributed by atoms with Gasteiger partial charge in [0.25, 0.3) is 5.91 Å². The van der Waals surface area contributed by atoms with Gasteiger partial charge in [-0.25, -0.2) is 10.2 Å². The number of benzene rings is 4. The number of halogens is 1. The third-order valence-electron chi connectivity index (χ3n) is 5.87. The summed E-state index contributed by atoms with van der Waals surface area (Å²) in [5, 5.41) is 4.04. The second-order valence-corrected chi connectivity index (χ2v) is 10.1. The van der Waals surface area contributed by atoms with E-state index in [2.05, 4.69) is 26.5 Å². The molecule has 0 heterocycles. The Balaban J connectivity index is 1.30. The summed E-state index contributed by atoms with van der Waals surface area (Å²) in [5.74, 6) is 1.19. The molecule has 0 aliphatic rings. The molecule has 0 fully saturated rings. The highest BCUT2D eigenvalue weighted by atomic mass is 79.9. The summed E-state index contributed by atoms with van der Waals surface area (Å²) >= 11 is 3.41. The number of rotatable bonds is 13. The zero-order valence-corrected chi connectivity index (χ0v) is 24.9. The minimum absolute atomic E-state index is 0.284. The number of carbonyl (C=O) groups excluding carboxylic acids is 2. The lowest BCUT2D eigenvalue weighted by atomic mass is 10.2. The molecule has 1 unspecified atom stereocenters. The second kappa shape index (κ2) is 15.4. The number of ether oxygens (including phenoxy) is 4. The van der Waals surface area contributed by atoms with Crippen molar-refractivity contribution in [2.45, 2.75) is 33.0 Å². The predicted octanol–water partition coefficient (Wildman–Crippen LogP) is 6.95. The van der Waals surface area contributed by atoms with Gasteiger partial charge in [0.1, 0.15) is 29.6 Å². The van der Waals surface area contributed by atoms with Gasteiger partial charge in [0.05, 0.1) is 18.4 Å². The highest BCUT2D eigenvalue weighted by molar-refractivity contribution is 9.10. The topological polar surface area (TPSA) is 95.5 Å². The lowest BCUT2D eigenvalue weighted by Gasteiger charge is -2.14. The normalized spacial score (nSPS) is 11.5. The van der Waals surface area contributed by atoms with E-state index in [1.807, 2.05) is 37.3 Å². The van der Waals surface area contributed by atoms with E-state index in [1.165, 1.54) is 6.21 Å². The molecule has 9 heteroatoms. The first-order valence-electron chi connectivity index (χ1n) is 13.4. The molecule has 4 aromatic rings. The third-order valence-corrected chi connectivity index (χ3v) is 6.36. The Hall–Kier alpha value is -4.63. The van der Waals surface area contributed by atoms with Crippen molar-refractivity contribution in [1.29, 1.82) is 0 Å². The molecule has 4 aromatic carbocycles. The summed E-state index contributed by atoms with van der Waals surface area (Å²) in [7, 11) is 0. The van der Waals surface area contributed by atoms with E-state index in [-0.39, 0.29) is 5.75 Å². The number of carbonyl (C=O) groups is 2. The van der Waals surface area contributed by atoms with Crippen LogP contribution in [0.1, 0.15) is 41.8 Å². The molecule has 0 spiro atoms. The highest BCUT2D eigenvalue weighted by Crippen LogP contribution is 2.24. The number of amides is 1. The van der Waals surface area contributed by atoms with E-state index in [9.17, 15) is 9.59 Å². The molecule has 0 radical (unpaired) electrons. The summed E-state index contributed by atoms with van der Waals surface area (Å²) in [6, 6.07) is 28.8. The standard InChI is InChI=1S/C33H31BrN2O6/c1-3-19-39-28-12-9-25(10-13-28)33(38)42-31-18-11-27(34)20-26(31)21-35-36-32(37)23(2)41-30-16-14-29(15-17-30)40-22-24-7-5-4-6-8-24/h4-18,20-21,23H,3,19,22H2,1-2H3,(H,36,37). The Labute approximate surface area is 253 Å². The third kappa shape index (κ3) is 9.21. The fourth-order valence-corrected chi connectivity index (χ4v) is 4.03. The predicted molar refractivity (Wildman–Crippen MR) is 164 cm³/mol. The molecule has 0 aliphatic carbocycles. The molecule has 0 saturated heterocycles. The smallest absolute Gasteiger partial charge is 0.343 e. The summed E-state index contributed by atoms with van der Waals surface area (Å²) in [5.41, 5.74) is 4.40. The Morgan fingerprint density at radius 1 is 0.881 bits per heavy atom. The number of hydrogen-bond donors (Lipinski definition) is 1. The Bertz CT molecular complexity index is 1490. The Kier molecular flexibility index (Phi) is 11.1. The van der Waals surface area contributed by atoms with E-state index in [4.69, 9.17) is 18.9 Å². The minimum Gasteiger partial charge on any atom is -0.494 e. The molecule has 8 nitrogen and oxygen atoms in total. The molecule has 4 rings (SSSR count). The van der Waals surface area contributed by atoms with Crippen molar-refractivity contribution >= 4 is 34.0 Å². The summed E-state index contributed by atoms with van der Waals surface area (Å²) in [6.07, 6.45) is 1.48. The van der Waals surface area contributed by atoms with Gasteiger partial charge >= 0.3 is 5.97 Å². The van der Waals surface area contributed by atoms with Gasteiger partial charge in [-0.15, -0.1) is 0 Å². The van der Waals surface area contributed by atoms with Gasteiger partial charge in [0.15, 0.2) is 6.10 Å². The lowest BCUT2D eigenvalue weighted by molar-refractivity contribution is -0.127. The highest BCUT2D eigenvalue weighted by Gasteiger charge is 2.15. The van der Waals surface area contributed by atoms with Gasteiger partial charge in [-0.05, 0) is 85.6 Å². The average Bonchev–Trinajstić information content (AvgIpc) is 3.01. The maximum atomic E-state index is 12.7. The second-order valence-electron chi connectivity index (χ2n) is 9.18. The molecular formula is C33H31BrN2O6. The molecule has 0 aliphatic heterocycles. The van der Waals surface area contributed by atoms with Crippen LogP contribution < -0.4 is 24.4 Å². The molecule has 0 saturated carbocycles. The lowest BCUT2D eigenvalue weighted by Crippen LogP contribution is -2.33.